The highest BCUT2D eigenvalue weighted by Gasteiger charge is 2.35. The molecule has 2 heterocycles. The number of nitrogens with one attached hydrogen (secondary N) is 1. The molecule has 1 aromatic rings. The van der Waals surface area contributed by atoms with Gasteiger partial charge >= 0.3 is 5.97 Å². The molecular formula is C26H36N2O5. The number of amides is 2. The summed E-state index contributed by atoms with van der Waals surface area (Å²) in [6.45, 7) is 2.39. The molecule has 1 fully saturated rings. The van der Waals surface area contributed by atoms with Crippen molar-refractivity contribution < 1.29 is 24.2 Å². The second kappa shape index (κ2) is 12.5. The van der Waals surface area contributed by atoms with E-state index in [1.807, 2.05) is 42.5 Å². The van der Waals surface area contributed by atoms with Crippen LogP contribution in [0.1, 0.15) is 51.0 Å². The molecule has 7 nitrogen and oxygen atoms in total. The molecule has 33 heavy (non-hydrogen) atoms. The summed E-state index contributed by atoms with van der Waals surface area (Å²) in [4.78, 5) is 40.4. The molecule has 1 aromatic carbocycles. The van der Waals surface area contributed by atoms with Crippen LogP contribution in [-0.2, 0) is 25.5 Å². The Hall–Kier alpha value is -2.67. The van der Waals surface area contributed by atoms with Crippen molar-refractivity contribution >= 4 is 17.8 Å². The van der Waals surface area contributed by atoms with Gasteiger partial charge in [0.25, 0.3) is 0 Å². The lowest BCUT2D eigenvalue weighted by Crippen LogP contribution is -2.44. The molecule has 0 bridgehead atoms. The van der Waals surface area contributed by atoms with Gasteiger partial charge in [0.1, 0.15) is 6.61 Å². The van der Waals surface area contributed by atoms with Gasteiger partial charge in [-0.05, 0) is 51.0 Å². The Balaban J connectivity index is 1.72. The standard InChI is InChI=1S/C26H36N2O5/c1-19(17-29)27-24(30)16-21-11-6-3-7-12-22(15-20-9-4-2-5-10-20)26(32)33-18-23-13-8-14-28(23)25(21)31/h2-6,9-10,19,21-23,29H,7-8,11-18H2,1H3,(H,27,30)/t19-,21-,22-,23+/m1/s1. The van der Waals surface area contributed by atoms with Gasteiger partial charge in [-0.1, -0.05) is 42.5 Å². The smallest absolute Gasteiger partial charge is 0.309 e. The normalized spacial score (nSPS) is 25.3. The first-order valence-electron chi connectivity index (χ1n) is 12.0. The summed E-state index contributed by atoms with van der Waals surface area (Å²) in [5.74, 6) is -1.21. The van der Waals surface area contributed by atoms with Crippen molar-refractivity contribution in [3.63, 3.8) is 0 Å². The van der Waals surface area contributed by atoms with E-state index < -0.39 is 5.92 Å². The molecule has 1 saturated heterocycles. The van der Waals surface area contributed by atoms with Crippen molar-refractivity contribution in [1.82, 2.24) is 10.2 Å². The van der Waals surface area contributed by atoms with E-state index in [0.717, 1.165) is 18.4 Å². The SMILES string of the molecule is C[C@H](CO)NC(=O)C[C@H]1CC=CCC[C@H](Cc2ccccc2)C(=O)OC[C@@H]2CCCN2C1=O. The number of allylic oxidation sites excluding steroid dienone is 2. The van der Waals surface area contributed by atoms with Crippen molar-refractivity contribution in [2.45, 2.75) is 64.0 Å². The Bertz CT molecular complexity index is 825. The fourth-order valence-corrected chi connectivity index (χ4v) is 4.58. The van der Waals surface area contributed by atoms with E-state index in [2.05, 4.69) is 5.32 Å². The summed E-state index contributed by atoms with van der Waals surface area (Å²) in [7, 11) is 0. The molecule has 3 rings (SSSR count). The van der Waals surface area contributed by atoms with Gasteiger partial charge in [0.15, 0.2) is 0 Å². The number of rotatable bonds is 6. The number of aliphatic hydroxyl groups is 1. The van der Waals surface area contributed by atoms with Crippen molar-refractivity contribution in [3.05, 3.63) is 48.0 Å². The summed E-state index contributed by atoms with van der Waals surface area (Å²) >= 11 is 0. The van der Waals surface area contributed by atoms with E-state index in [0.29, 0.717) is 32.2 Å². The number of nitrogens with zero attached hydrogens (tertiary/aromatic N) is 1. The molecular weight excluding hydrogens is 420 g/mol. The van der Waals surface area contributed by atoms with E-state index >= 15 is 0 Å². The number of aliphatic hydroxyl groups excluding tert-OH is 1. The van der Waals surface area contributed by atoms with Gasteiger partial charge in [-0.15, -0.1) is 0 Å². The number of esters is 1. The van der Waals surface area contributed by atoms with Gasteiger partial charge in [0, 0.05) is 19.0 Å². The van der Waals surface area contributed by atoms with Crippen molar-refractivity contribution in [2.75, 3.05) is 19.8 Å². The third kappa shape index (κ3) is 7.42. The highest BCUT2D eigenvalue weighted by Crippen LogP contribution is 2.25. The van der Waals surface area contributed by atoms with Gasteiger partial charge in [0.2, 0.25) is 11.8 Å². The highest BCUT2D eigenvalue weighted by atomic mass is 16.5. The molecule has 2 amide bonds. The fraction of sp³-hybridized carbons (Fsp3) is 0.577. The maximum absolute atomic E-state index is 13.3. The van der Waals surface area contributed by atoms with Crippen LogP contribution < -0.4 is 5.32 Å². The lowest BCUT2D eigenvalue weighted by molar-refractivity contribution is -0.152. The lowest BCUT2D eigenvalue weighted by atomic mass is 9.94. The number of carbonyl (C=O) groups is 3. The summed E-state index contributed by atoms with van der Waals surface area (Å²) in [5.41, 5.74) is 1.11. The van der Waals surface area contributed by atoms with Crippen molar-refractivity contribution in [1.29, 1.82) is 0 Å². The molecule has 2 aliphatic rings. The monoisotopic (exact) mass is 456 g/mol. The van der Waals surface area contributed by atoms with Gasteiger partial charge in [-0.2, -0.15) is 0 Å². The Morgan fingerprint density at radius 3 is 2.73 bits per heavy atom. The lowest BCUT2D eigenvalue weighted by Gasteiger charge is -2.28. The van der Waals surface area contributed by atoms with Gasteiger partial charge in [-0.25, -0.2) is 0 Å². The number of benzene rings is 1. The Morgan fingerprint density at radius 1 is 1.18 bits per heavy atom. The first-order valence-corrected chi connectivity index (χ1v) is 12.0. The second-order valence-electron chi connectivity index (χ2n) is 9.18. The zero-order valence-corrected chi connectivity index (χ0v) is 19.4. The predicted octanol–water partition coefficient (Wildman–Crippen LogP) is 2.62. The molecule has 0 spiro atoms. The van der Waals surface area contributed by atoms with Gasteiger partial charge in [0.05, 0.1) is 24.5 Å². The number of carbonyl (C=O) groups excluding carboxylic acids is 3. The maximum Gasteiger partial charge on any atom is 0.309 e. The number of cyclic esters (lactones) is 1. The predicted molar refractivity (Wildman–Crippen MR) is 125 cm³/mol. The Kier molecular flexibility index (Phi) is 9.48. The Labute approximate surface area is 196 Å². The van der Waals surface area contributed by atoms with Crippen LogP contribution in [0.15, 0.2) is 42.5 Å². The number of hydrogen-bond donors (Lipinski definition) is 2. The summed E-state index contributed by atoms with van der Waals surface area (Å²) in [5, 5.41) is 11.9. The summed E-state index contributed by atoms with van der Waals surface area (Å²) < 4.78 is 5.72. The maximum atomic E-state index is 13.3. The summed E-state index contributed by atoms with van der Waals surface area (Å²) in [6, 6.07) is 9.45. The van der Waals surface area contributed by atoms with Crippen LogP contribution in [0.3, 0.4) is 0 Å². The van der Waals surface area contributed by atoms with Crippen LogP contribution in [0.4, 0.5) is 0 Å². The minimum Gasteiger partial charge on any atom is -0.463 e. The van der Waals surface area contributed by atoms with Crippen LogP contribution in [-0.4, -0.2) is 59.6 Å². The van der Waals surface area contributed by atoms with Gasteiger partial charge < -0.3 is 20.1 Å². The van der Waals surface area contributed by atoms with Crippen molar-refractivity contribution in [3.8, 4) is 0 Å². The third-order valence-corrected chi connectivity index (χ3v) is 6.47. The van der Waals surface area contributed by atoms with Crippen molar-refractivity contribution in [2.24, 2.45) is 11.8 Å². The number of hydrogen-bond acceptors (Lipinski definition) is 5. The molecule has 0 aromatic heterocycles. The second-order valence-corrected chi connectivity index (χ2v) is 9.18. The third-order valence-electron chi connectivity index (χ3n) is 6.47. The molecule has 180 valence electrons. The van der Waals surface area contributed by atoms with E-state index in [1.54, 1.807) is 11.8 Å². The van der Waals surface area contributed by atoms with Gasteiger partial charge in [-0.3, -0.25) is 14.4 Å². The topological polar surface area (TPSA) is 95.9 Å². The fourth-order valence-electron chi connectivity index (χ4n) is 4.58. The molecule has 7 heteroatoms. The van der Waals surface area contributed by atoms with Crippen LogP contribution in [0.25, 0.3) is 0 Å². The van der Waals surface area contributed by atoms with Crippen LogP contribution in [0.2, 0.25) is 0 Å². The molecule has 0 radical (unpaired) electrons. The molecule has 2 aliphatic heterocycles. The first-order chi connectivity index (χ1) is 16.0. The molecule has 0 saturated carbocycles. The van der Waals surface area contributed by atoms with E-state index in [9.17, 15) is 19.5 Å². The van der Waals surface area contributed by atoms with Crippen LogP contribution in [0, 0.1) is 11.8 Å². The highest BCUT2D eigenvalue weighted by molar-refractivity contribution is 5.86. The number of ether oxygens (including phenoxy) is 1. The molecule has 4 atom stereocenters. The first kappa shape index (κ1) is 25.0. The van der Waals surface area contributed by atoms with E-state index in [-0.39, 0.29) is 55.4 Å². The average Bonchev–Trinajstić information content (AvgIpc) is 3.29. The quantitative estimate of drug-likeness (QED) is 0.507. The Morgan fingerprint density at radius 2 is 1.97 bits per heavy atom. The molecule has 0 unspecified atom stereocenters. The van der Waals surface area contributed by atoms with E-state index in [4.69, 9.17) is 4.74 Å². The average molecular weight is 457 g/mol. The van der Waals surface area contributed by atoms with Crippen LogP contribution in [0.5, 0.6) is 0 Å². The summed E-state index contributed by atoms with van der Waals surface area (Å²) in [6.07, 6.45) is 8.16. The minimum atomic E-state index is -0.468. The largest absolute Gasteiger partial charge is 0.463 e. The zero-order valence-electron chi connectivity index (χ0n) is 19.4. The zero-order chi connectivity index (χ0) is 23.6. The molecule has 2 N–H and O–H groups in total. The van der Waals surface area contributed by atoms with E-state index in [1.165, 1.54) is 0 Å². The van der Waals surface area contributed by atoms with Crippen LogP contribution >= 0.6 is 0 Å². The molecule has 0 aliphatic carbocycles. The minimum absolute atomic E-state index is 0.0647. The number of fused-ring (bicyclic) bond motifs is 1.